The molecular weight excluding hydrogens is 292 g/mol. The Hall–Kier alpha value is -1.92. The van der Waals surface area contributed by atoms with Crippen molar-refractivity contribution >= 4 is 39.3 Å². The Bertz CT molecular complexity index is 781. The number of fused-ring (bicyclic) bond motifs is 1. The highest BCUT2D eigenvalue weighted by atomic mass is 32.2. The lowest BCUT2D eigenvalue weighted by Gasteiger charge is -2.02. The first-order chi connectivity index (χ1) is 9.63. The van der Waals surface area contributed by atoms with Gasteiger partial charge in [-0.2, -0.15) is 0 Å². The molecule has 100 valence electrons. The number of nitrogens with zero attached hydrogens (tertiary/aromatic N) is 2. The summed E-state index contributed by atoms with van der Waals surface area (Å²) in [6.45, 7) is 2.04. The number of thiophene rings is 1. The standard InChI is InChI=1S/C14H10N2O2S2/c1-8-6-11-12(19-8)15-7-16-13(11)20-10-4-2-9(3-5-10)14(17)18/h2-7H,1H3,(H,17,18). The molecule has 3 rings (SSSR count). The molecule has 0 bridgehead atoms. The van der Waals surface area contributed by atoms with Gasteiger partial charge in [0.25, 0.3) is 0 Å². The average molecular weight is 302 g/mol. The number of carboxylic acids is 1. The number of rotatable bonds is 3. The molecule has 0 fully saturated rings. The van der Waals surface area contributed by atoms with E-state index in [1.54, 1.807) is 41.9 Å². The minimum absolute atomic E-state index is 0.286. The summed E-state index contributed by atoms with van der Waals surface area (Å²) in [4.78, 5) is 22.5. The van der Waals surface area contributed by atoms with Gasteiger partial charge < -0.3 is 5.11 Å². The van der Waals surface area contributed by atoms with Crippen molar-refractivity contribution in [3.63, 3.8) is 0 Å². The van der Waals surface area contributed by atoms with Gasteiger partial charge in [0.05, 0.1) is 5.56 Å². The summed E-state index contributed by atoms with van der Waals surface area (Å²) < 4.78 is 0. The van der Waals surface area contributed by atoms with Gasteiger partial charge in [-0.05, 0) is 37.3 Å². The van der Waals surface area contributed by atoms with Crippen LogP contribution >= 0.6 is 23.1 Å². The molecule has 6 heteroatoms. The fourth-order valence-electron chi connectivity index (χ4n) is 1.81. The van der Waals surface area contributed by atoms with Crippen LogP contribution in [0.3, 0.4) is 0 Å². The highest BCUT2D eigenvalue weighted by molar-refractivity contribution is 7.99. The molecule has 20 heavy (non-hydrogen) atoms. The Morgan fingerprint density at radius 3 is 2.70 bits per heavy atom. The summed E-state index contributed by atoms with van der Waals surface area (Å²) in [5, 5.41) is 10.8. The molecule has 0 saturated carbocycles. The van der Waals surface area contributed by atoms with Crippen LogP contribution in [0, 0.1) is 6.92 Å². The SMILES string of the molecule is Cc1cc2c(Sc3ccc(C(=O)O)cc3)ncnc2s1. The molecule has 3 aromatic rings. The fraction of sp³-hybridized carbons (Fsp3) is 0.0714. The van der Waals surface area contributed by atoms with Crippen LogP contribution in [0.15, 0.2) is 46.6 Å². The zero-order valence-corrected chi connectivity index (χ0v) is 12.2. The van der Waals surface area contributed by atoms with Crippen molar-refractivity contribution in [2.75, 3.05) is 0 Å². The molecule has 0 radical (unpaired) electrons. The minimum atomic E-state index is -0.917. The first-order valence-corrected chi connectivity index (χ1v) is 7.49. The van der Waals surface area contributed by atoms with Gasteiger partial charge in [0.15, 0.2) is 0 Å². The Morgan fingerprint density at radius 2 is 2.00 bits per heavy atom. The molecule has 1 N–H and O–H groups in total. The lowest BCUT2D eigenvalue weighted by atomic mass is 10.2. The van der Waals surface area contributed by atoms with Crippen molar-refractivity contribution in [2.45, 2.75) is 16.8 Å². The number of benzene rings is 1. The van der Waals surface area contributed by atoms with Crippen LogP contribution in [0.2, 0.25) is 0 Å². The zero-order valence-electron chi connectivity index (χ0n) is 10.5. The number of carbonyl (C=O) groups is 1. The van der Waals surface area contributed by atoms with Crippen LogP contribution in [-0.4, -0.2) is 21.0 Å². The molecule has 0 spiro atoms. The van der Waals surface area contributed by atoms with Crippen LogP contribution in [0.25, 0.3) is 10.2 Å². The van der Waals surface area contributed by atoms with E-state index in [1.807, 2.05) is 6.92 Å². The fourth-order valence-corrected chi connectivity index (χ4v) is 3.59. The molecule has 0 atom stereocenters. The first kappa shape index (κ1) is 13.1. The molecule has 0 saturated heterocycles. The van der Waals surface area contributed by atoms with Gasteiger partial charge in [0.2, 0.25) is 0 Å². The van der Waals surface area contributed by atoms with Gasteiger partial charge in [0.1, 0.15) is 16.2 Å². The zero-order chi connectivity index (χ0) is 14.1. The largest absolute Gasteiger partial charge is 0.478 e. The smallest absolute Gasteiger partial charge is 0.335 e. The summed E-state index contributed by atoms with van der Waals surface area (Å²) in [6, 6.07) is 8.86. The third kappa shape index (κ3) is 2.52. The van der Waals surface area contributed by atoms with E-state index in [4.69, 9.17) is 5.11 Å². The molecule has 0 aliphatic rings. The monoisotopic (exact) mass is 302 g/mol. The van der Waals surface area contributed by atoms with Crippen LogP contribution in [-0.2, 0) is 0 Å². The number of aryl methyl sites for hydroxylation is 1. The van der Waals surface area contributed by atoms with Crippen LogP contribution in [0.1, 0.15) is 15.2 Å². The highest BCUT2D eigenvalue weighted by Crippen LogP contribution is 2.34. The summed E-state index contributed by atoms with van der Waals surface area (Å²) >= 11 is 3.15. The van der Waals surface area contributed by atoms with E-state index >= 15 is 0 Å². The van der Waals surface area contributed by atoms with Crippen LogP contribution < -0.4 is 0 Å². The van der Waals surface area contributed by atoms with E-state index in [-0.39, 0.29) is 5.56 Å². The van der Waals surface area contributed by atoms with Crippen molar-refractivity contribution in [2.24, 2.45) is 0 Å². The third-order valence-electron chi connectivity index (χ3n) is 2.73. The van der Waals surface area contributed by atoms with Crippen molar-refractivity contribution in [3.8, 4) is 0 Å². The summed E-state index contributed by atoms with van der Waals surface area (Å²) in [7, 11) is 0. The molecule has 2 aromatic heterocycles. The molecule has 0 amide bonds. The molecule has 1 aromatic carbocycles. The molecular formula is C14H10N2O2S2. The normalized spacial score (nSPS) is 10.8. The highest BCUT2D eigenvalue weighted by Gasteiger charge is 2.09. The second-order valence-electron chi connectivity index (χ2n) is 4.19. The van der Waals surface area contributed by atoms with Crippen molar-refractivity contribution in [1.82, 2.24) is 9.97 Å². The number of aromatic carboxylic acids is 1. The maximum atomic E-state index is 10.8. The summed E-state index contributed by atoms with van der Waals surface area (Å²) in [5.41, 5.74) is 0.286. The number of carboxylic acid groups (broad SMARTS) is 1. The molecule has 2 heterocycles. The molecule has 0 aliphatic carbocycles. The topological polar surface area (TPSA) is 63.1 Å². The third-order valence-corrected chi connectivity index (χ3v) is 4.72. The second kappa shape index (κ2) is 5.22. The van der Waals surface area contributed by atoms with Gasteiger partial charge in [-0.3, -0.25) is 0 Å². The van der Waals surface area contributed by atoms with Crippen LogP contribution in [0.4, 0.5) is 0 Å². The number of aromatic nitrogens is 2. The predicted octanol–water partition coefficient (Wildman–Crippen LogP) is 3.85. The lowest BCUT2D eigenvalue weighted by molar-refractivity contribution is 0.0697. The van der Waals surface area contributed by atoms with Crippen molar-refractivity contribution in [1.29, 1.82) is 0 Å². The maximum absolute atomic E-state index is 10.8. The second-order valence-corrected chi connectivity index (χ2v) is 6.48. The van der Waals surface area contributed by atoms with E-state index in [1.165, 1.54) is 16.6 Å². The number of hydrogen-bond acceptors (Lipinski definition) is 5. The Kier molecular flexibility index (Phi) is 3.42. The molecule has 4 nitrogen and oxygen atoms in total. The molecule has 0 aliphatic heterocycles. The lowest BCUT2D eigenvalue weighted by Crippen LogP contribution is -1.94. The van der Waals surface area contributed by atoms with Crippen molar-refractivity contribution in [3.05, 3.63) is 47.1 Å². The van der Waals surface area contributed by atoms with Gasteiger partial charge in [-0.1, -0.05) is 11.8 Å². The predicted molar refractivity (Wildman–Crippen MR) is 79.7 cm³/mol. The first-order valence-electron chi connectivity index (χ1n) is 5.86. The Morgan fingerprint density at radius 1 is 1.25 bits per heavy atom. The molecule has 0 unspecified atom stereocenters. The minimum Gasteiger partial charge on any atom is -0.478 e. The van der Waals surface area contributed by atoms with Crippen molar-refractivity contribution < 1.29 is 9.90 Å². The average Bonchev–Trinajstić information content (AvgIpc) is 2.81. The summed E-state index contributed by atoms with van der Waals surface area (Å²) in [5.74, 6) is -0.917. The van der Waals surface area contributed by atoms with Gasteiger partial charge in [-0.25, -0.2) is 14.8 Å². The quantitative estimate of drug-likeness (QED) is 0.745. The van der Waals surface area contributed by atoms with E-state index in [2.05, 4.69) is 16.0 Å². The number of hydrogen-bond donors (Lipinski definition) is 1. The van der Waals surface area contributed by atoms with E-state index in [0.717, 1.165) is 20.1 Å². The Labute approximate surface area is 123 Å². The van der Waals surface area contributed by atoms with Crippen LogP contribution in [0.5, 0.6) is 0 Å². The van der Waals surface area contributed by atoms with E-state index in [9.17, 15) is 4.79 Å². The summed E-state index contributed by atoms with van der Waals surface area (Å²) in [6.07, 6.45) is 1.56. The van der Waals surface area contributed by atoms with E-state index in [0.29, 0.717) is 0 Å². The van der Waals surface area contributed by atoms with Gasteiger partial charge in [0, 0.05) is 15.2 Å². The Balaban J connectivity index is 1.94. The maximum Gasteiger partial charge on any atom is 0.335 e. The van der Waals surface area contributed by atoms with Gasteiger partial charge >= 0.3 is 5.97 Å². The van der Waals surface area contributed by atoms with Gasteiger partial charge in [-0.15, -0.1) is 11.3 Å². The van der Waals surface area contributed by atoms with E-state index < -0.39 is 5.97 Å².